The second kappa shape index (κ2) is 3.92. The van der Waals surface area contributed by atoms with Gasteiger partial charge in [-0.15, -0.1) is 0 Å². The maximum atomic E-state index is 11.2. The van der Waals surface area contributed by atoms with E-state index in [4.69, 9.17) is 0 Å². The summed E-state index contributed by atoms with van der Waals surface area (Å²) < 4.78 is 0. The standard InChI is InChI=1S/C10H21NOSi/c1-9-7-10(12)8-11(9)5-6-13(2,3)4/h9H,5-8H2,1-4H3/t9-/m0/s1. The molecule has 2 nitrogen and oxygen atoms in total. The van der Waals surface area contributed by atoms with E-state index in [-0.39, 0.29) is 0 Å². The summed E-state index contributed by atoms with van der Waals surface area (Å²) in [4.78, 5) is 13.5. The zero-order valence-electron chi connectivity index (χ0n) is 9.26. The molecule has 0 N–H and O–H groups in total. The molecule has 0 aliphatic carbocycles. The Bertz CT molecular complexity index is 198. The van der Waals surface area contributed by atoms with Gasteiger partial charge in [0.05, 0.1) is 6.54 Å². The van der Waals surface area contributed by atoms with Crippen LogP contribution < -0.4 is 0 Å². The van der Waals surface area contributed by atoms with E-state index in [9.17, 15) is 4.79 Å². The van der Waals surface area contributed by atoms with E-state index in [1.54, 1.807) is 0 Å². The van der Waals surface area contributed by atoms with Crippen molar-refractivity contribution < 1.29 is 4.79 Å². The molecule has 1 aliphatic rings. The van der Waals surface area contributed by atoms with Gasteiger partial charge in [-0.3, -0.25) is 9.69 Å². The summed E-state index contributed by atoms with van der Waals surface area (Å²) in [5.41, 5.74) is 0. The molecular formula is C10H21NOSi. The number of hydrogen-bond acceptors (Lipinski definition) is 2. The monoisotopic (exact) mass is 199 g/mol. The minimum absolute atomic E-state index is 0.420. The minimum atomic E-state index is -0.929. The van der Waals surface area contributed by atoms with Crippen molar-refractivity contribution in [1.82, 2.24) is 4.90 Å². The number of Topliss-reactive ketones (excluding diaryl/α,β-unsaturated/α-hetero) is 1. The van der Waals surface area contributed by atoms with Gasteiger partial charge >= 0.3 is 0 Å². The number of nitrogens with zero attached hydrogens (tertiary/aromatic N) is 1. The molecule has 1 saturated heterocycles. The van der Waals surface area contributed by atoms with E-state index in [1.807, 2.05) is 0 Å². The maximum absolute atomic E-state index is 11.2. The van der Waals surface area contributed by atoms with E-state index in [2.05, 4.69) is 31.5 Å². The van der Waals surface area contributed by atoms with Gasteiger partial charge in [-0.2, -0.15) is 0 Å². The van der Waals surface area contributed by atoms with Crippen LogP contribution in [0, 0.1) is 0 Å². The van der Waals surface area contributed by atoms with E-state index in [0.29, 0.717) is 18.4 Å². The second-order valence-electron chi connectivity index (χ2n) is 5.37. The summed E-state index contributed by atoms with van der Waals surface area (Å²) in [5.74, 6) is 0.420. The molecule has 0 bridgehead atoms. The van der Waals surface area contributed by atoms with Gasteiger partial charge in [0.2, 0.25) is 0 Å². The van der Waals surface area contributed by atoms with E-state index in [0.717, 1.165) is 13.0 Å². The molecule has 0 aromatic rings. The first-order chi connectivity index (χ1) is 5.88. The Hall–Kier alpha value is -0.153. The molecule has 1 fully saturated rings. The molecule has 76 valence electrons. The SMILES string of the molecule is C[C@H]1CC(=O)CN1CC[Si](C)(C)C. The maximum Gasteiger partial charge on any atom is 0.148 e. The lowest BCUT2D eigenvalue weighted by molar-refractivity contribution is -0.116. The predicted molar refractivity (Wildman–Crippen MR) is 58.8 cm³/mol. The van der Waals surface area contributed by atoms with Crippen LogP contribution in [0.1, 0.15) is 13.3 Å². The summed E-state index contributed by atoms with van der Waals surface area (Å²) >= 11 is 0. The van der Waals surface area contributed by atoms with Crippen LogP contribution in [0.5, 0.6) is 0 Å². The van der Waals surface area contributed by atoms with E-state index < -0.39 is 8.07 Å². The molecule has 1 rings (SSSR count). The zero-order valence-corrected chi connectivity index (χ0v) is 10.3. The van der Waals surface area contributed by atoms with Gasteiger partial charge in [0, 0.05) is 20.5 Å². The van der Waals surface area contributed by atoms with Crippen molar-refractivity contribution in [3.8, 4) is 0 Å². The molecule has 1 atom stereocenters. The van der Waals surface area contributed by atoms with Gasteiger partial charge < -0.3 is 0 Å². The third-order valence-corrected chi connectivity index (χ3v) is 4.40. The largest absolute Gasteiger partial charge is 0.298 e. The average molecular weight is 199 g/mol. The highest BCUT2D eigenvalue weighted by Gasteiger charge is 2.27. The predicted octanol–water partition coefficient (Wildman–Crippen LogP) is 1.99. The number of carbonyl (C=O) groups excluding carboxylic acids is 1. The summed E-state index contributed by atoms with van der Waals surface area (Å²) in [6, 6.07) is 1.80. The Labute approximate surface area is 82.3 Å². The van der Waals surface area contributed by atoms with Gasteiger partial charge in [0.1, 0.15) is 5.78 Å². The lowest BCUT2D eigenvalue weighted by Gasteiger charge is -2.24. The van der Waals surface area contributed by atoms with Crippen molar-refractivity contribution in [3.63, 3.8) is 0 Å². The van der Waals surface area contributed by atoms with Crippen LogP contribution in [0.4, 0.5) is 0 Å². The summed E-state index contributed by atoms with van der Waals surface area (Å²) in [7, 11) is -0.929. The normalized spacial score (nSPS) is 25.5. The van der Waals surface area contributed by atoms with Crippen LogP contribution in [0.25, 0.3) is 0 Å². The minimum Gasteiger partial charge on any atom is -0.298 e. The van der Waals surface area contributed by atoms with Crippen molar-refractivity contribution in [2.75, 3.05) is 13.1 Å². The Morgan fingerprint density at radius 2 is 2.08 bits per heavy atom. The summed E-state index contributed by atoms with van der Waals surface area (Å²) in [6.45, 7) is 11.1. The Morgan fingerprint density at radius 3 is 2.46 bits per heavy atom. The van der Waals surface area contributed by atoms with Crippen molar-refractivity contribution in [2.45, 2.75) is 45.1 Å². The first-order valence-corrected chi connectivity index (χ1v) is 8.85. The molecule has 0 spiro atoms. The number of rotatable bonds is 3. The van der Waals surface area contributed by atoms with Gasteiger partial charge in [-0.1, -0.05) is 19.6 Å². The molecular weight excluding hydrogens is 178 g/mol. The van der Waals surface area contributed by atoms with Gasteiger partial charge in [0.15, 0.2) is 0 Å². The Morgan fingerprint density at radius 1 is 1.46 bits per heavy atom. The molecule has 0 radical (unpaired) electrons. The van der Waals surface area contributed by atoms with Crippen LogP contribution in [-0.2, 0) is 4.79 Å². The summed E-state index contributed by atoms with van der Waals surface area (Å²) in [5, 5.41) is 0. The highest BCUT2D eigenvalue weighted by atomic mass is 28.3. The molecule has 0 amide bonds. The third-order valence-electron chi connectivity index (χ3n) is 2.67. The lowest BCUT2D eigenvalue weighted by Crippen LogP contribution is -2.33. The highest BCUT2D eigenvalue weighted by molar-refractivity contribution is 6.76. The molecule has 0 aromatic heterocycles. The first kappa shape index (κ1) is 10.9. The quantitative estimate of drug-likeness (QED) is 0.648. The molecule has 0 aromatic carbocycles. The number of likely N-dealkylation sites (tertiary alicyclic amines) is 1. The van der Waals surface area contributed by atoms with Gasteiger partial charge in [0.25, 0.3) is 0 Å². The van der Waals surface area contributed by atoms with Gasteiger partial charge in [-0.25, -0.2) is 0 Å². The zero-order chi connectivity index (χ0) is 10.1. The van der Waals surface area contributed by atoms with Crippen LogP contribution in [0.2, 0.25) is 25.7 Å². The first-order valence-electron chi connectivity index (χ1n) is 5.14. The van der Waals surface area contributed by atoms with Gasteiger partial charge in [-0.05, 0) is 19.5 Å². The fourth-order valence-corrected chi connectivity index (χ4v) is 2.64. The fraction of sp³-hybridized carbons (Fsp3) is 0.900. The summed E-state index contributed by atoms with van der Waals surface area (Å²) in [6.07, 6.45) is 0.770. The van der Waals surface area contributed by atoms with E-state index in [1.165, 1.54) is 6.04 Å². The fourth-order valence-electron chi connectivity index (χ4n) is 1.68. The topological polar surface area (TPSA) is 20.3 Å². The Balaban J connectivity index is 2.34. The average Bonchev–Trinajstić information content (AvgIpc) is 2.24. The molecule has 1 heterocycles. The molecule has 3 heteroatoms. The van der Waals surface area contributed by atoms with Crippen molar-refractivity contribution in [3.05, 3.63) is 0 Å². The van der Waals surface area contributed by atoms with E-state index >= 15 is 0 Å². The van der Waals surface area contributed by atoms with Crippen molar-refractivity contribution >= 4 is 13.9 Å². The van der Waals surface area contributed by atoms with Crippen molar-refractivity contribution in [2.24, 2.45) is 0 Å². The van der Waals surface area contributed by atoms with Crippen LogP contribution in [0.15, 0.2) is 0 Å². The molecule has 13 heavy (non-hydrogen) atoms. The number of hydrogen-bond donors (Lipinski definition) is 0. The molecule has 0 saturated carbocycles. The smallest absolute Gasteiger partial charge is 0.148 e. The van der Waals surface area contributed by atoms with Crippen LogP contribution in [-0.4, -0.2) is 37.9 Å². The van der Waals surface area contributed by atoms with Crippen LogP contribution >= 0.6 is 0 Å². The lowest BCUT2D eigenvalue weighted by atomic mass is 10.2. The second-order valence-corrected chi connectivity index (χ2v) is 11.0. The Kier molecular flexibility index (Phi) is 3.30. The molecule has 0 unspecified atom stereocenters. The number of ketones is 1. The highest BCUT2D eigenvalue weighted by Crippen LogP contribution is 2.17. The van der Waals surface area contributed by atoms with Crippen LogP contribution in [0.3, 0.4) is 0 Å². The molecule has 1 aliphatic heterocycles. The third kappa shape index (κ3) is 3.61. The van der Waals surface area contributed by atoms with Crippen molar-refractivity contribution in [1.29, 1.82) is 0 Å². The number of carbonyl (C=O) groups is 1.